The van der Waals surface area contributed by atoms with Crippen molar-refractivity contribution in [2.24, 2.45) is 0 Å². The molecule has 82 valence electrons. The summed E-state index contributed by atoms with van der Waals surface area (Å²) in [6.45, 7) is 3.29. The summed E-state index contributed by atoms with van der Waals surface area (Å²) in [5.41, 5.74) is 0. The Balaban J connectivity index is 2.99. The van der Waals surface area contributed by atoms with Crippen LogP contribution in [0.2, 0.25) is 0 Å². The summed E-state index contributed by atoms with van der Waals surface area (Å²) in [5.74, 6) is 0.586. The molecule has 0 aliphatic carbocycles. The summed E-state index contributed by atoms with van der Waals surface area (Å²) in [5, 5.41) is 0. The number of hydrogen-bond donors (Lipinski definition) is 0. The lowest BCUT2D eigenvalue weighted by atomic mass is 10.1. The average molecular weight is 198 g/mol. The molecule has 0 aromatic carbocycles. The second-order valence-corrected chi connectivity index (χ2v) is 4.03. The van der Waals surface area contributed by atoms with Gasteiger partial charge < -0.3 is 9.59 Å². The van der Waals surface area contributed by atoms with E-state index in [0.29, 0.717) is 11.6 Å². The standard InChI is InChI=1S/C12H22O2/c1-11(13)9-7-5-3-4-6-8-10-12(2)14/h3-10H2,1-2H3. The van der Waals surface area contributed by atoms with Crippen LogP contribution in [0.5, 0.6) is 0 Å². The summed E-state index contributed by atoms with van der Waals surface area (Å²) in [4.78, 5) is 21.2. The highest BCUT2D eigenvalue weighted by Gasteiger charge is 1.95. The second-order valence-electron chi connectivity index (χ2n) is 4.03. The summed E-state index contributed by atoms with van der Waals surface area (Å²) < 4.78 is 0. The number of ketones is 2. The molecule has 0 spiro atoms. The van der Waals surface area contributed by atoms with Gasteiger partial charge in [-0.25, -0.2) is 0 Å². The Morgan fingerprint density at radius 3 is 1.21 bits per heavy atom. The summed E-state index contributed by atoms with van der Waals surface area (Å²) in [7, 11) is 0. The van der Waals surface area contributed by atoms with Crippen molar-refractivity contribution in [1.29, 1.82) is 0 Å². The molecule has 0 amide bonds. The van der Waals surface area contributed by atoms with Crippen molar-refractivity contribution >= 4 is 11.6 Å². The van der Waals surface area contributed by atoms with Crippen LogP contribution in [0, 0.1) is 0 Å². The Kier molecular flexibility index (Phi) is 8.50. The molecular formula is C12H22O2. The van der Waals surface area contributed by atoms with Crippen molar-refractivity contribution in [3.05, 3.63) is 0 Å². The first kappa shape index (κ1) is 13.3. The van der Waals surface area contributed by atoms with E-state index in [1.807, 2.05) is 0 Å². The zero-order chi connectivity index (χ0) is 10.8. The molecule has 2 heteroatoms. The fourth-order valence-corrected chi connectivity index (χ4v) is 1.45. The molecule has 0 fully saturated rings. The summed E-state index contributed by atoms with van der Waals surface area (Å²) >= 11 is 0. The fraction of sp³-hybridized carbons (Fsp3) is 0.833. The molecule has 0 saturated heterocycles. The molecule has 14 heavy (non-hydrogen) atoms. The molecule has 0 rings (SSSR count). The van der Waals surface area contributed by atoms with Crippen LogP contribution in [-0.2, 0) is 9.59 Å². The highest BCUT2D eigenvalue weighted by atomic mass is 16.1. The summed E-state index contributed by atoms with van der Waals surface area (Å²) in [6.07, 6.45) is 8.22. The Bertz CT molecular complexity index is 153. The topological polar surface area (TPSA) is 34.1 Å². The van der Waals surface area contributed by atoms with Crippen molar-refractivity contribution < 1.29 is 9.59 Å². The van der Waals surface area contributed by atoms with Gasteiger partial charge in [0, 0.05) is 12.8 Å². The predicted molar refractivity (Wildman–Crippen MR) is 58.3 cm³/mol. The van der Waals surface area contributed by atoms with E-state index in [1.54, 1.807) is 13.8 Å². The maximum absolute atomic E-state index is 10.6. The van der Waals surface area contributed by atoms with E-state index in [4.69, 9.17) is 0 Å². The Hall–Kier alpha value is -0.660. The molecule has 0 N–H and O–H groups in total. The molecule has 0 unspecified atom stereocenters. The molecular weight excluding hydrogens is 176 g/mol. The number of unbranched alkanes of at least 4 members (excludes halogenated alkanes) is 5. The third-order valence-corrected chi connectivity index (χ3v) is 2.31. The van der Waals surface area contributed by atoms with Gasteiger partial charge in [-0.1, -0.05) is 25.7 Å². The van der Waals surface area contributed by atoms with Crippen LogP contribution >= 0.6 is 0 Å². The van der Waals surface area contributed by atoms with Gasteiger partial charge in [0.2, 0.25) is 0 Å². The first-order valence-electron chi connectivity index (χ1n) is 5.62. The zero-order valence-corrected chi connectivity index (χ0v) is 9.47. The summed E-state index contributed by atoms with van der Waals surface area (Å²) in [6, 6.07) is 0. The normalized spacial score (nSPS) is 10.1. The fourth-order valence-electron chi connectivity index (χ4n) is 1.45. The second kappa shape index (κ2) is 8.92. The molecule has 0 atom stereocenters. The maximum atomic E-state index is 10.6. The van der Waals surface area contributed by atoms with Crippen molar-refractivity contribution in [2.45, 2.75) is 65.2 Å². The van der Waals surface area contributed by atoms with Gasteiger partial charge in [0.25, 0.3) is 0 Å². The number of carbonyl (C=O) groups excluding carboxylic acids is 2. The predicted octanol–water partition coefficient (Wildman–Crippen LogP) is 3.29. The van der Waals surface area contributed by atoms with Crippen LogP contribution in [0.1, 0.15) is 65.2 Å². The minimum absolute atomic E-state index is 0.293. The van der Waals surface area contributed by atoms with Gasteiger partial charge in [0.05, 0.1) is 0 Å². The molecule has 0 saturated carbocycles. The Morgan fingerprint density at radius 2 is 0.929 bits per heavy atom. The van der Waals surface area contributed by atoms with Gasteiger partial charge >= 0.3 is 0 Å². The van der Waals surface area contributed by atoms with Crippen LogP contribution < -0.4 is 0 Å². The van der Waals surface area contributed by atoms with Crippen LogP contribution in [0.3, 0.4) is 0 Å². The van der Waals surface area contributed by atoms with E-state index >= 15 is 0 Å². The van der Waals surface area contributed by atoms with Crippen molar-refractivity contribution in [2.75, 3.05) is 0 Å². The van der Waals surface area contributed by atoms with E-state index in [2.05, 4.69) is 0 Å². The molecule has 0 bridgehead atoms. The van der Waals surface area contributed by atoms with E-state index in [9.17, 15) is 9.59 Å². The van der Waals surface area contributed by atoms with Crippen LogP contribution in [0.25, 0.3) is 0 Å². The van der Waals surface area contributed by atoms with Gasteiger partial charge in [-0.3, -0.25) is 0 Å². The largest absolute Gasteiger partial charge is 0.300 e. The zero-order valence-electron chi connectivity index (χ0n) is 9.47. The molecule has 0 aliphatic heterocycles. The van der Waals surface area contributed by atoms with Gasteiger partial charge in [0.1, 0.15) is 11.6 Å². The Morgan fingerprint density at radius 1 is 0.643 bits per heavy atom. The highest BCUT2D eigenvalue weighted by Crippen LogP contribution is 2.08. The van der Waals surface area contributed by atoms with Crippen LogP contribution in [0.4, 0.5) is 0 Å². The first-order valence-corrected chi connectivity index (χ1v) is 5.62. The van der Waals surface area contributed by atoms with E-state index in [-0.39, 0.29) is 0 Å². The molecule has 0 aromatic rings. The maximum Gasteiger partial charge on any atom is 0.129 e. The van der Waals surface area contributed by atoms with Crippen LogP contribution in [-0.4, -0.2) is 11.6 Å². The average Bonchev–Trinajstić information content (AvgIpc) is 2.08. The minimum atomic E-state index is 0.293. The Labute approximate surface area is 87.1 Å². The molecule has 0 aromatic heterocycles. The number of hydrogen-bond acceptors (Lipinski definition) is 2. The van der Waals surface area contributed by atoms with E-state index in [0.717, 1.165) is 38.5 Å². The molecule has 2 nitrogen and oxygen atoms in total. The van der Waals surface area contributed by atoms with Gasteiger partial charge in [0.15, 0.2) is 0 Å². The van der Waals surface area contributed by atoms with Crippen molar-refractivity contribution in [3.63, 3.8) is 0 Å². The third-order valence-electron chi connectivity index (χ3n) is 2.31. The highest BCUT2D eigenvalue weighted by molar-refractivity contribution is 5.75. The number of Topliss-reactive ketones (excluding diaryl/α,β-unsaturated/α-hetero) is 2. The SMILES string of the molecule is CC(=O)CCCCCCCCC(C)=O. The minimum Gasteiger partial charge on any atom is -0.300 e. The molecule has 0 aliphatic rings. The number of carbonyl (C=O) groups is 2. The third kappa shape index (κ3) is 11.3. The number of rotatable bonds is 9. The monoisotopic (exact) mass is 198 g/mol. The molecule has 0 radical (unpaired) electrons. The van der Waals surface area contributed by atoms with Crippen molar-refractivity contribution in [3.8, 4) is 0 Å². The lowest BCUT2D eigenvalue weighted by Gasteiger charge is -1.99. The quantitative estimate of drug-likeness (QED) is 0.533. The smallest absolute Gasteiger partial charge is 0.129 e. The lowest BCUT2D eigenvalue weighted by molar-refractivity contribution is -0.118. The molecule has 0 heterocycles. The van der Waals surface area contributed by atoms with Gasteiger partial charge in [-0.15, -0.1) is 0 Å². The van der Waals surface area contributed by atoms with Crippen LogP contribution in [0.15, 0.2) is 0 Å². The lowest BCUT2D eigenvalue weighted by Crippen LogP contribution is -1.90. The van der Waals surface area contributed by atoms with Gasteiger partial charge in [-0.2, -0.15) is 0 Å². The van der Waals surface area contributed by atoms with E-state index < -0.39 is 0 Å². The first-order chi connectivity index (χ1) is 6.63. The van der Waals surface area contributed by atoms with Crippen molar-refractivity contribution in [1.82, 2.24) is 0 Å². The van der Waals surface area contributed by atoms with Gasteiger partial charge in [-0.05, 0) is 26.7 Å². The van der Waals surface area contributed by atoms with E-state index in [1.165, 1.54) is 12.8 Å².